The van der Waals surface area contributed by atoms with Crippen LogP contribution in [-0.2, 0) is 11.3 Å². The Morgan fingerprint density at radius 3 is 2.68 bits per heavy atom. The molecule has 0 radical (unpaired) electrons. The number of nitrogens with one attached hydrogen (secondary N) is 1. The van der Waals surface area contributed by atoms with Crippen LogP contribution in [0.3, 0.4) is 0 Å². The maximum absolute atomic E-state index is 12.9. The topological polar surface area (TPSA) is 41.6 Å². The van der Waals surface area contributed by atoms with Crippen molar-refractivity contribution in [1.29, 1.82) is 0 Å². The normalized spacial score (nSPS) is 18.3. The zero-order chi connectivity index (χ0) is 19.2. The lowest BCUT2D eigenvalue weighted by molar-refractivity contribution is 0.0342. The molecule has 4 rings (SSSR count). The number of benzene rings is 2. The van der Waals surface area contributed by atoms with Crippen LogP contribution in [-0.4, -0.2) is 42.4 Å². The van der Waals surface area contributed by atoms with E-state index in [4.69, 9.17) is 4.74 Å². The van der Waals surface area contributed by atoms with Gasteiger partial charge in [0.05, 0.1) is 18.9 Å². The molecule has 2 aliphatic rings. The van der Waals surface area contributed by atoms with Crippen molar-refractivity contribution >= 4 is 23.4 Å². The fraction of sp³-hybridized carbons (Fsp3) is 0.435. The molecule has 1 aliphatic carbocycles. The van der Waals surface area contributed by atoms with E-state index in [1.165, 1.54) is 36.1 Å². The predicted molar refractivity (Wildman–Crippen MR) is 115 cm³/mol. The molecule has 4 nitrogen and oxygen atoms in total. The highest BCUT2D eigenvalue weighted by molar-refractivity contribution is 8.00. The van der Waals surface area contributed by atoms with Crippen molar-refractivity contribution in [2.45, 2.75) is 42.4 Å². The molecular weight excluding hydrogens is 368 g/mol. The third-order valence-electron chi connectivity index (χ3n) is 5.43. The van der Waals surface area contributed by atoms with Crippen LogP contribution < -0.4 is 5.32 Å². The van der Waals surface area contributed by atoms with E-state index < -0.39 is 0 Å². The molecule has 5 heteroatoms. The second-order valence-corrected chi connectivity index (χ2v) is 8.91. The number of ether oxygens (including phenoxy) is 1. The molecule has 2 fully saturated rings. The average molecular weight is 397 g/mol. The molecular formula is C23H28N2O2S. The number of nitrogens with zero attached hydrogens (tertiary/aromatic N) is 1. The van der Waals surface area contributed by atoms with Gasteiger partial charge in [-0.3, -0.25) is 9.69 Å². The molecule has 0 atom stereocenters. The van der Waals surface area contributed by atoms with Crippen LogP contribution in [0.2, 0.25) is 0 Å². The van der Waals surface area contributed by atoms with Gasteiger partial charge >= 0.3 is 0 Å². The van der Waals surface area contributed by atoms with Crippen LogP contribution in [0.1, 0.15) is 41.6 Å². The number of rotatable bonds is 6. The fourth-order valence-electron chi connectivity index (χ4n) is 3.88. The smallest absolute Gasteiger partial charge is 0.255 e. The summed E-state index contributed by atoms with van der Waals surface area (Å²) in [4.78, 5) is 16.4. The van der Waals surface area contributed by atoms with E-state index in [1.807, 2.05) is 42.1 Å². The summed E-state index contributed by atoms with van der Waals surface area (Å²) in [6.45, 7) is 4.33. The minimum absolute atomic E-state index is 0.0386. The van der Waals surface area contributed by atoms with E-state index in [-0.39, 0.29) is 5.91 Å². The standard InChI is InChI=1S/C23H28N2O2S/c26-23(19-7-5-6-18(16-19)17-25-12-14-27-15-13-25)24-21-10-3-4-11-22(21)28-20-8-1-2-9-20/h3-7,10-11,16,20H,1-2,8-9,12-15,17H2,(H,24,26). The fourth-order valence-corrected chi connectivity index (χ4v) is 5.21. The quantitative estimate of drug-likeness (QED) is 0.761. The van der Waals surface area contributed by atoms with Crippen LogP contribution in [0.5, 0.6) is 0 Å². The minimum Gasteiger partial charge on any atom is -0.379 e. The summed E-state index contributed by atoms with van der Waals surface area (Å²) in [5.74, 6) is -0.0386. The van der Waals surface area contributed by atoms with Gasteiger partial charge in [-0.15, -0.1) is 11.8 Å². The molecule has 148 valence electrons. The monoisotopic (exact) mass is 396 g/mol. The van der Waals surface area contributed by atoms with Crippen LogP contribution in [0.15, 0.2) is 53.4 Å². The zero-order valence-electron chi connectivity index (χ0n) is 16.2. The van der Waals surface area contributed by atoms with Crippen molar-refractivity contribution in [3.63, 3.8) is 0 Å². The molecule has 1 aliphatic heterocycles. The van der Waals surface area contributed by atoms with Gasteiger partial charge < -0.3 is 10.1 Å². The van der Waals surface area contributed by atoms with Crippen molar-refractivity contribution < 1.29 is 9.53 Å². The minimum atomic E-state index is -0.0386. The number of carbonyl (C=O) groups is 1. The second-order valence-electron chi connectivity index (χ2n) is 7.56. The number of hydrogen-bond donors (Lipinski definition) is 1. The Kier molecular flexibility index (Phi) is 6.68. The van der Waals surface area contributed by atoms with Crippen molar-refractivity contribution in [3.8, 4) is 0 Å². The first-order valence-electron chi connectivity index (χ1n) is 10.2. The second kappa shape index (κ2) is 9.59. The van der Waals surface area contributed by atoms with Crippen LogP contribution in [0, 0.1) is 0 Å². The number of morpholine rings is 1. The van der Waals surface area contributed by atoms with E-state index >= 15 is 0 Å². The molecule has 0 unspecified atom stereocenters. The molecule has 0 spiro atoms. The van der Waals surface area contributed by atoms with Gasteiger partial charge in [0.25, 0.3) is 5.91 Å². The number of hydrogen-bond acceptors (Lipinski definition) is 4. The van der Waals surface area contributed by atoms with Gasteiger partial charge in [0.2, 0.25) is 0 Å². The Labute approximate surface area is 171 Å². The molecule has 2 aromatic rings. The third-order valence-corrected chi connectivity index (χ3v) is 6.84. The molecule has 28 heavy (non-hydrogen) atoms. The summed E-state index contributed by atoms with van der Waals surface area (Å²) in [7, 11) is 0. The highest BCUT2D eigenvalue weighted by Gasteiger charge is 2.18. The van der Waals surface area contributed by atoms with Gasteiger partial charge in [0.15, 0.2) is 0 Å². The lowest BCUT2D eigenvalue weighted by atomic mass is 10.1. The Morgan fingerprint density at radius 2 is 1.86 bits per heavy atom. The summed E-state index contributed by atoms with van der Waals surface area (Å²) >= 11 is 1.91. The number of thioether (sulfide) groups is 1. The van der Waals surface area contributed by atoms with Crippen molar-refractivity contribution in [2.24, 2.45) is 0 Å². The van der Waals surface area contributed by atoms with Crippen molar-refractivity contribution in [3.05, 3.63) is 59.7 Å². The largest absolute Gasteiger partial charge is 0.379 e. The van der Waals surface area contributed by atoms with Gasteiger partial charge in [0.1, 0.15) is 0 Å². The molecule has 1 saturated carbocycles. The van der Waals surface area contributed by atoms with Crippen molar-refractivity contribution in [1.82, 2.24) is 4.90 Å². The first kappa shape index (κ1) is 19.5. The lowest BCUT2D eigenvalue weighted by Gasteiger charge is -2.26. The number of anilines is 1. The number of para-hydroxylation sites is 1. The Hall–Kier alpha value is -1.82. The summed E-state index contributed by atoms with van der Waals surface area (Å²) in [6, 6.07) is 16.1. The molecule has 0 aromatic heterocycles. The number of carbonyl (C=O) groups excluding carboxylic acids is 1. The Bertz CT molecular complexity index is 799. The average Bonchev–Trinajstić information content (AvgIpc) is 3.24. The molecule has 2 aromatic carbocycles. The van der Waals surface area contributed by atoms with Crippen LogP contribution in [0.25, 0.3) is 0 Å². The predicted octanol–water partition coefficient (Wildman–Crippen LogP) is 4.81. The first-order valence-corrected chi connectivity index (χ1v) is 11.1. The van der Waals surface area contributed by atoms with Gasteiger partial charge in [-0.1, -0.05) is 37.1 Å². The summed E-state index contributed by atoms with van der Waals surface area (Å²) < 4.78 is 5.42. The molecule has 1 heterocycles. The summed E-state index contributed by atoms with van der Waals surface area (Å²) in [5, 5.41) is 3.81. The molecule has 0 bridgehead atoms. The maximum Gasteiger partial charge on any atom is 0.255 e. The van der Waals surface area contributed by atoms with Gasteiger partial charge in [0, 0.05) is 35.3 Å². The van der Waals surface area contributed by atoms with Crippen molar-refractivity contribution in [2.75, 3.05) is 31.6 Å². The van der Waals surface area contributed by atoms with Gasteiger partial charge in [-0.25, -0.2) is 0 Å². The highest BCUT2D eigenvalue weighted by Crippen LogP contribution is 2.38. The summed E-state index contributed by atoms with van der Waals surface area (Å²) in [5.41, 5.74) is 2.80. The lowest BCUT2D eigenvalue weighted by Crippen LogP contribution is -2.35. The SMILES string of the molecule is O=C(Nc1ccccc1SC1CCCC1)c1cccc(CN2CCOCC2)c1. The van der Waals surface area contributed by atoms with Crippen LogP contribution in [0.4, 0.5) is 5.69 Å². The molecule has 1 N–H and O–H groups in total. The van der Waals surface area contributed by atoms with Crippen LogP contribution >= 0.6 is 11.8 Å². The third kappa shape index (κ3) is 5.16. The van der Waals surface area contributed by atoms with E-state index in [0.717, 1.165) is 38.5 Å². The van der Waals surface area contributed by atoms with E-state index in [1.54, 1.807) is 0 Å². The van der Waals surface area contributed by atoms with Gasteiger partial charge in [-0.05, 0) is 42.7 Å². The molecule has 1 amide bonds. The Morgan fingerprint density at radius 1 is 1.07 bits per heavy atom. The van der Waals surface area contributed by atoms with E-state index in [9.17, 15) is 4.79 Å². The zero-order valence-corrected chi connectivity index (χ0v) is 17.0. The molecule has 1 saturated heterocycles. The van der Waals surface area contributed by atoms with E-state index in [2.05, 4.69) is 28.4 Å². The highest BCUT2D eigenvalue weighted by atomic mass is 32.2. The van der Waals surface area contributed by atoms with Gasteiger partial charge in [-0.2, -0.15) is 0 Å². The first-order chi connectivity index (χ1) is 13.8. The Balaban J connectivity index is 1.43. The van der Waals surface area contributed by atoms with E-state index in [0.29, 0.717) is 10.8 Å². The number of amides is 1. The maximum atomic E-state index is 12.9. The summed E-state index contributed by atoms with van der Waals surface area (Å²) in [6.07, 6.45) is 5.19.